The summed E-state index contributed by atoms with van der Waals surface area (Å²) in [6.45, 7) is 19.5. The van der Waals surface area contributed by atoms with E-state index in [1.165, 1.54) is 0 Å². The van der Waals surface area contributed by atoms with Crippen LogP contribution in [0.15, 0.2) is 0 Å². The maximum atomic E-state index is 8.81. The molecule has 0 unspecified atom stereocenters. The molecule has 1 heterocycles. The molecule has 1 aliphatic heterocycles. The number of rotatable bonds is 5. The van der Waals surface area contributed by atoms with Gasteiger partial charge in [0, 0.05) is 30.7 Å². The van der Waals surface area contributed by atoms with Crippen molar-refractivity contribution in [3.8, 4) is 0 Å². The van der Waals surface area contributed by atoms with Gasteiger partial charge in [0.25, 0.3) is 0 Å². The largest absolute Gasteiger partial charge is 0.395 e. The standard InChI is InChI=1S/C15H34N4O/c1-14(2,3)18-11-17(9-7-16-8-10-20)12-19(13-18)15(4,5)6/h16,20H,7-13H2,1-6H3. The number of nitrogens with one attached hydrogen (secondary N) is 1. The monoisotopic (exact) mass is 286 g/mol. The van der Waals surface area contributed by atoms with Crippen LogP contribution in [0.2, 0.25) is 0 Å². The second-order valence-corrected chi connectivity index (χ2v) is 7.71. The van der Waals surface area contributed by atoms with Crippen LogP contribution < -0.4 is 5.32 Å². The molecule has 0 amide bonds. The lowest BCUT2D eigenvalue weighted by Crippen LogP contribution is -2.64. The minimum Gasteiger partial charge on any atom is -0.395 e. The molecular weight excluding hydrogens is 252 g/mol. The fourth-order valence-electron chi connectivity index (χ4n) is 2.25. The van der Waals surface area contributed by atoms with Crippen LogP contribution in [-0.2, 0) is 0 Å². The van der Waals surface area contributed by atoms with E-state index in [2.05, 4.69) is 61.6 Å². The number of aliphatic hydroxyl groups excluding tert-OH is 1. The SMILES string of the molecule is CC(C)(C)N1CN(CCNCCO)CN(C(C)(C)C)C1. The highest BCUT2D eigenvalue weighted by molar-refractivity contribution is 4.85. The van der Waals surface area contributed by atoms with Crippen molar-refractivity contribution in [2.24, 2.45) is 0 Å². The molecule has 0 radical (unpaired) electrons. The molecule has 0 aromatic heterocycles. The lowest BCUT2D eigenvalue weighted by Gasteiger charge is -2.51. The molecule has 0 spiro atoms. The van der Waals surface area contributed by atoms with Gasteiger partial charge < -0.3 is 10.4 Å². The zero-order chi connectivity index (χ0) is 15.4. The average Bonchev–Trinajstić information content (AvgIpc) is 2.32. The van der Waals surface area contributed by atoms with Crippen molar-refractivity contribution in [3.05, 3.63) is 0 Å². The van der Waals surface area contributed by atoms with Crippen LogP contribution in [0.3, 0.4) is 0 Å². The Labute approximate surface area is 124 Å². The number of nitrogens with zero attached hydrogens (tertiary/aromatic N) is 3. The molecule has 120 valence electrons. The highest BCUT2D eigenvalue weighted by atomic mass is 16.3. The van der Waals surface area contributed by atoms with E-state index in [0.29, 0.717) is 6.54 Å². The van der Waals surface area contributed by atoms with Crippen LogP contribution in [0.25, 0.3) is 0 Å². The van der Waals surface area contributed by atoms with Crippen molar-refractivity contribution >= 4 is 0 Å². The lowest BCUT2D eigenvalue weighted by atomic mass is 10.0. The number of hydrogen-bond donors (Lipinski definition) is 2. The molecule has 1 saturated heterocycles. The minimum atomic E-state index is 0.181. The van der Waals surface area contributed by atoms with Crippen molar-refractivity contribution in [2.75, 3.05) is 46.2 Å². The molecular formula is C15H34N4O. The Kier molecular flexibility index (Phi) is 6.41. The van der Waals surface area contributed by atoms with Gasteiger partial charge in [0.2, 0.25) is 0 Å². The third-order valence-electron chi connectivity index (χ3n) is 3.87. The summed E-state index contributed by atoms with van der Waals surface area (Å²) in [4.78, 5) is 7.52. The summed E-state index contributed by atoms with van der Waals surface area (Å²) >= 11 is 0. The van der Waals surface area contributed by atoms with Gasteiger partial charge in [-0.25, -0.2) is 0 Å². The third kappa shape index (κ3) is 5.66. The molecule has 0 aliphatic carbocycles. The summed E-state index contributed by atoms with van der Waals surface area (Å²) in [5.74, 6) is 0. The highest BCUT2D eigenvalue weighted by Gasteiger charge is 2.34. The molecule has 0 aromatic carbocycles. The third-order valence-corrected chi connectivity index (χ3v) is 3.87. The Hall–Kier alpha value is -0.200. The van der Waals surface area contributed by atoms with E-state index >= 15 is 0 Å². The maximum Gasteiger partial charge on any atom is 0.0555 e. The summed E-state index contributed by atoms with van der Waals surface area (Å²) in [5.41, 5.74) is 0.362. The van der Waals surface area contributed by atoms with Gasteiger partial charge in [-0.15, -0.1) is 0 Å². The second kappa shape index (κ2) is 7.18. The number of hydrogen-bond acceptors (Lipinski definition) is 5. The zero-order valence-electron chi connectivity index (χ0n) is 14.2. The van der Waals surface area contributed by atoms with Crippen LogP contribution >= 0.6 is 0 Å². The van der Waals surface area contributed by atoms with E-state index in [1.54, 1.807) is 0 Å². The van der Waals surface area contributed by atoms with Gasteiger partial charge in [-0.2, -0.15) is 0 Å². The minimum absolute atomic E-state index is 0.181. The fourth-order valence-corrected chi connectivity index (χ4v) is 2.25. The van der Waals surface area contributed by atoms with Gasteiger partial charge in [-0.05, 0) is 41.5 Å². The molecule has 1 fully saturated rings. The van der Waals surface area contributed by atoms with Gasteiger partial charge >= 0.3 is 0 Å². The summed E-state index contributed by atoms with van der Waals surface area (Å²) in [6, 6.07) is 0. The second-order valence-electron chi connectivity index (χ2n) is 7.71. The van der Waals surface area contributed by atoms with E-state index in [0.717, 1.165) is 33.1 Å². The molecule has 0 aromatic rings. The van der Waals surface area contributed by atoms with Crippen LogP contribution in [-0.4, -0.2) is 77.1 Å². The molecule has 0 saturated carbocycles. The molecule has 5 heteroatoms. The van der Waals surface area contributed by atoms with E-state index in [-0.39, 0.29) is 17.7 Å². The summed E-state index contributed by atoms with van der Waals surface area (Å²) in [7, 11) is 0. The average molecular weight is 286 g/mol. The molecule has 1 aliphatic rings. The normalized spacial score (nSPS) is 20.6. The topological polar surface area (TPSA) is 42.0 Å². The zero-order valence-corrected chi connectivity index (χ0v) is 14.2. The van der Waals surface area contributed by atoms with E-state index in [4.69, 9.17) is 5.11 Å². The van der Waals surface area contributed by atoms with E-state index in [9.17, 15) is 0 Å². The maximum absolute atomic E-state index is 8.81. The van der Waals surface area contributed by atoms with Gasteiger partial charge in [0.1, 0.15) is 0 Å². The predicted molar refractivity (Wildman–Crippen MR) is 84.4 cm³/mol. The Bertz CT molecular complexity index is 261. The predicted octanol–water partition coefficient (Wildman–Crippen LogP) is 0.957. The quantitative estimate of drug-likeness (QED) is 0.737. The molecule has 20 heavy (non-hydrogen) atoms. The summed E-state index contributed by atoms with van der Waals surface area (Å²) in [6.07, 6.45) is 0. The molecule has 0 bridgehead atoms. The van der Waals surface area contributed by atoms with Crippen molar-refractivity contribution in [2.45, 2.75) is 52.6 Å². The lowest BCUT2D eigenvalue weighted by molar-refractivity contribution is -0.101. The highest BCUT2D eigenvalue weighted by Crippen LogP contribution is 2.23. The van der Waals surface area contributed by atoms with Crippen molar-refractivity contribution in [3.63, 3.8) is 0 Å². The van der Waals surface area contributed by atoms with E-state index in [1.807, 2.05) is 0 Å². The first-order chi connectivity index (χ1) is 9.14. The van der Waals surface area contributed by atoms with Crippen LogP contribution in [0.1, 0.15) is 41.5 Å². The van der Waals surface area contributed by atoms with Gasteiger partial charge in [-0.3, -0.25) is 14.7 Å². The smallest absolute Gasteiger partial charge is 0.0555 e. The van der Waals surface area contributed by atoms with Gasteiger partial charge in [0.05, 0.1) is 26.6 Å². The molecule has 0 atom stereocenters. The summed E-state index contributed by atoms with van der Waals surface area (Å²) < 4.78 is 0. The van der Waals surface area contributed by atoms with Crippen molar-refractivity contribution < 1.29 is 5.11 Å². The Morgan fingerprint density at radius 2 is 1.35 bits per heavy atom. The first-order valence-electron chi connectivity index (χ1n) is 7.68. The van der Waals surface area contributed by atoms with Gasteiger partial charge in [-0.1, -0.05) is 0 Å². The van der Waals surface area contributed by atoms with Gasteiger partial charge in [0.15, 0.2) is 0 Å². The molecule has 2 N–H and O–H groups in total. The Balaban J connectivity index is 2.60. The number of aliphatic hydroxyl groups is 1. The van der Waals surface area contributed by atoms with Crippen LogP contribution in [0.5, 0.6) is 0 Å². The van der Waals surface area contributed by atoms with Crippen molar-refractivity contribution in [1.82, 2.24) is 20.0 Å². The molecule has 5 nitrogen and oxygen atoms in total. The fraction of sp³-hybridized carbons (Fsp3) is 1.00. The Morgan fingerprint density at radius 1 is 0.850 bits per heavy atom. The van der Waals surface area contributed by atoms with Crippen LogP contribution in [0, 0.1) is 0 Å². The first kappa shape index (κ1) is 17.9. The Morgan fingerprint density at radius 3 is 1.75 bits per heavy atom. The first-order valence-corrected chi connectivity index (χ1v) is 7.68. The van der Waals surface area contributed by atoms with Crippen LogP contribution in [0.4, 0.5) is 0 Å². The molecule has 1 rings (SSSR count). The summed E-state index contributed by atoms with van der Waals surface area (Å²) in [5, 5.41) is 12.1. The van der Waals surface area contributed by atoms with Crippen molar-refractivity contribution in [1.29, 1.82) is 0 Å². The van der Waals surface area contributed by atoms with E-state index < -0.39 is 0 Å².